The molecule has 1 aromatic rings. The maximum Gasteiger partial charge on any atom is 1.00 e. The van der Waals surface area contributed by atoms with Gasteiger partial charge in [0.15, 0.2) is 0 Å². The molecular formula is C7H7K2O2P. The van der Waals surface area contributed by atoms with Gasteiger partial charge < -0.3 is 18.2 Å². The summed E-state index contributed by atoms with van der Waals surface area (Å²) in [5.41, 5.74) is 0.846. The van der Waals surface area contributed by atoms with Crippen LogP contribution in [0.25, 0.3) is 0 Å². The molecule has 1 aromatic carbocycles. The van der Waals surface area contributed by atoms with Gasteiger partial charge >= 0.3 is 103 Å². The first-order valence-corrected chi connectivity index (χ1v) is 4.31. The van der Waals surface area contributed by atoms with Crippen LogP contribution in [0.2, 0.25) is 0 Å². The summed E-state index contributed by atoms with van der Waals surface area (Å²) < 4.78 is 0. The van der Waals surface area contributed by atoms with E-state index in [1.807, 2.05) is 18.2 Å². The Morgan fingerprint density at radius 1 is 1.00 bits per heavy atom. The average Bonchev–Trinajstić information content (AvgIpc) is 1.88. The minimum atomic E-state index is -2.28. The molecule has 0 fully saturated rings. The summed E-state index contributed by atoms with van der Waals surface area (Å²) in [4.78, 5) is 20.4. The summed E-state index contributed by atoms with van der Waals surface area (Å²) in [6.07, 6.45) is 0.149. The largest absolute Gasteiger partial charge is 1.00 e. The number of benzene rings is 1. The van der Waals surface area contributed by atoms with Crippen molar-refractivity contribution < 1.29 is 113 Å². The van der Waals surface area contributed by atoms with Crippen LogP contribution in [0.15, 0.2) is 30.3 Å². The zero-order valence-corrected chi connectivity index (χ0v) is 14.5. The summed E-state index contributed by atoms with van der Waals surface area (Å²) in [6.45, 7) is 0. The van der Waals surface area contributed by atoms with Gasteiger partial charge in [-0.1, -0.05) is 30.3 Å². The maximum atomic E-state index is 10.2. The standard InChI is InChI=1S/C7H7O2P.2K/c8-10(9)6-7-4-2-1-3-5-7;;/h1-5H,6H2;;/q-2;2*+1. The molecule has 0 atom stereocenters. The van der Waals surface area contributed by atoms with Gasteiger partial charge in [-0.3, -0.25) is 0 Å². The predicted octanol–water partition coefficient (Wildman–Crippen LogP) is -5.77. The molecule has 0 spiro atoms. The third-order valence-corrected chi connectivity index (χ3v) is 1.78. The summed E-state index contributed by atoms with van der Waals surface area (Å²) in [6, 6.07) is 9.11. The second-order valence-corrected chi connectivity index (χ2v) is 2.96. The first-order chi connectivity index (χ1) is 4.79. The van der Waals surface area contributed by atoms with E-state index < -0.39 is 8.38 Å². The first-order valence-electron chi connectivity index (χ1n) is 2.95. The van der Waals surface area contributed by atoms with Crippen molar-refractivity contribution in [3.63, 3.8) is 0 Å². The van der Waals surface area contributed by atoms with Crippen LogP contribution in [-0.2, 0) is 6.16 Å². The second kappa shape index (κ2) is 10.4. The van der Waals surface area contributed by atoms with Gasteiger partial charge in [-0.25, -0.2) is 0 Å². The van der Waals surface area contributed by atoms with Crippen molar-refractivity contribution in [1.82, 2.24) is 0 Å². The van der Waals surface area contributed by atoms with E-state index in [0.717, 1.165) is 5.56 Å². The molecule has 5 heteroatoms. The Bertz CT molecular complexity index is 194. The molecule has 0 N–H and O–H groups in total. The molecular weight excluding hydrogens is 225 g/mol. The quantitative estimate of drug-likeness (QED) is 0.377. The molecule has 0 aliphatic carbocycles. The fraction of sp³-hybridized carbons (Fsp3) is 0.143. The zero-order valence-electron chi connectivity index (χ0n) is 7.36. The van der Waals surface area contributed by atoms with E-state index in [1.165, 1.54) is 0 Å². The molecule has 0 amide bonds. The second-order valence-electron chi connectivity index (χ2n) is 1.98. The molecule has 12 heavy (non-hydrogen) atoms. The van der Waals surface area contributed by atoms with Crippen molar-refractivity contribution in [2.24, 2.45) is 0 Å². The molecule has 0 aliphatic rings. The van der Waals surface area contributed by atoms with E-state index in [4.69, 9.17) is 0 Å². The van der Waals surface area contributed by atoms with Gasteiger partial charge in [-0.05, 0) is 11.7 Å². The number of hydrogen-bond acceptors (Lipinski definition) is 2. The van der Waals surface area contributed by atoms with Crippen molar-refractivity contribution in [3.05, 3.63) is 35.9 Å². The molecule has 0 unspecified atom stereocenters. The van der Waals surface area contributed by atoms with Gasteiger partial charge in [0, 0.05) is 0 Å². The van der Waals surface area contributed by atoms with Crippen LogP contribution in [0.4, 0.5) is 0 Å². The smallest absolute Gasteiger partial charge is 0.841 e. The zero-order chi connectivity index (χ0) is 7.40. The molecule has 0 aromatic heterocycles. The van der Waals surface area contributed by atoms with Crippen LogP contribution in [0.1, 0.15) is 5.56 Å². The van der Waals surface area contributed by atoms with E-state index in [-0.39, 0.29) is 109 Å². The van der Waals surface area contributed by atoms with E-state index in [0.29, 0.717) is 0 Å². The summed E-state index contributed by atoms with van der Waals surface area (Å²) in [7, 11) is -2.28. The fourth-order valence-corrected chi connectivity index (χ4v) is 1.24. The third-order valence-electron chi connectivity index (χ3n) is 1.15. The van der Waals surface area contributed by atoms with Gasteiger partial charge in [0.1, 0.15) is 0 Å². The van der Waals surface area contributed by atoms with Crippen LogP contribution in [-0.4, -0.2) is 0 Å². The number of hydrogen-bond donors (Lipinski definition) is 0. The topological polar surface area (TPSA) is 46.1 Å². The maximum absolute atomic E-state index is 10.2. The summed E-state index contributed by atoms with van der Waals surface area (Å²) in [5, 5.41) is 0. The van der Waals surface area contributed by atoms with E-state index >= 15 is 0 Å². The van der Waals surface area contributed by atoms with Crippen LogP contribution in [0, 0.1) is 0 Å². The molecule has 0 saturated carbocycles. The van der Waals surface area contributed by atoms with Crippen molar-refractivity contribution in [3.8, 4) is 0 Å². The molecule has 0 heterocycles. The van der Waals surface area contributed by atoms with Gasteiger partial charge in [0.05, 0.1) is 0 Å². The van der Waals surface area contributed by atoms with Crippen LogP contribution < -0.4 is 113 Å². The van der Waals surface area contributed by atoms with Crippen LogP contribution in [0.3, 0.4) is 0 Å². The fourth-order valence-electron chi connectivity index (χ4n) is 0.732. The first kappa shape index (κ1) is 17.2. The van der Waals surface area contributed by atoms with E-state index in [2.05, 4.69) is 0 Å². The van der Waals surface area contributed by atoms with Crippen molar-refractivity contribution in [1.29, 1.82) is 0 Å². The SMILES string of the molecule is [K+].[K+].[O-]P([O-])Cc1ccccc1. The minimum absolute atomic E-state index is 0. The Morgan fingerprint density at radius 3 is 1.92 bits per heavy atom. The average molecular weight is 232 g/mol. The Hall–Kier alpha value is 2.84. The third kappa shape index (κ3) is 8.18. The minimum Gasteiger partial charge on any atom is -0.841 e. The van der Waals surface area contributed by atoms with Crippen LogP contribution >= 0.6 is 8.38 Å². The molecule has 0 radical (unpaired) electrons. The van der Waals surface area contributed by atoms with Crippen LogP contribution in [0.5, 0.6) is 0 Å². The van der Waals surface area contributed by atoms with Gasteiger partial charge in [-0.2, -0.15) is 0 Å². The predicted molar refractivity (Wildman–Crippen MR) is 37.1 cm³/mol. The molecule has 2 nitrogen and oxygen atoms in total. The Morgan fingerprint density at radius 2 is 1.50 bits per heavy atom. The molecule has 1 rings (SSSR count). The summed E-state index contributed by atoms with van der Waals surface area (Å²) in [5.74, 6) is 0. The van der Waals surface area contributed by atoms with E-state index in [9.17, 15) is 9.79 Å². The van der Waals surface area contributed by atoms with Crippen molar-refractivity contribution in [2.75, 3.05) is 0 Å². The Kier molecular flexibility index (Phi) is 14.9. The Labute approximate surface area is 159 Å². The molecule has 0 bridgehead atoms. The van der Waals surface area contributed by atoms with Gasteiger partial charge in [0.25, 0.3) is 0 Å². The normalized spacial score (nSPS) is 8.58. The van der Waals surface area contributed by atoms with Crippen molar-refractivity contribution in [2.45, 2.75) is 6.16 Å². The monoisotopic (exact) mass is 232 g/mol. The van der Waals surface area contributed by atoms with Crippen molar-refractivity contribution >= 4 is 8.38 Å². The summed E-state index contributed by atoms with van der Waals surface area (Å²) >= 11 is 0. The Balaban J connectivity index is 0. The van der Waals surface area contributed by atoms with Gasteiger partial charge in [0.2, 0.25) is 0 Å². The molecule has 0 aliphatic heterocycles. The van der Waals surface area contributed by atoms with Gasteiger partial charge in [-0.15, -0.1) is 0 Å². The molecule has 54 valence electrons. The number of rotatable bonds is 2. The molecule has 0 saturated heterocycles. The van der Waals surface area contributed by atoms with E-state index in [1.54, 1.807) is 12.1 Å².